The molecule has 0 bridgehead atoms. The molecule has 1 amide bonds. The van der Waals surface area contributed by atoms with Crippen molar-refractivity contribution < 1.29 is 9.18 Å². The first-order valence-corrected chi connectivity index (χ1v) is 8.28. The summed E-state index contributed by atoms with van der Waals surface area (Å²) < 4.78 is 14.9. The Bertz CT molecular complexity index is 744. The third kappa shape index (κ3) is 4.02. The van der Waals surface area contributed by atoms with Gasteiger partial charge in [-0.2, -0.15) is 5.10 Å². The highest BCUT2D eigenvalue weighted by molar-refractivity contribution is 5.85. The second-order valence-corrected chi connectivity index (χ2v) is 6.35. The number of rotatable bonds is 3. The molecule has 1 fully saturated rings. The van der Waals surface area contributed by atoms with Crippen molar-refractivity contribution >= 4 is 18.3 Å². The van der Waals surface area contributed by atoms with Crippen LogP contribution in [0, 0.1) is 19.7 Å². The van der Waals surface area contributed by atoms with Gasteiger partial charge in [0, 0.05) is 36.9 Å². The van der Waals surface area contributed by atoms with Crippen LogP contribution in [-0.4, -0.2) is 46.3 Å². The van der Waals surface area contributed by atoms with Crippen molar-refractivity contribution in [2.24, 2.45) is 0 Å². The van der Waals surface area contributed by atoms with Gasteiger partial charge in [0.25, 0.3) is 0 Å². The van der Waals surface area contributed by atoms with E-state index in [4.69, 9.17) is 0 Å². The summed E-state index contributed by atoms with van der Waals surface area (Å²) in [5.41, 5.74) is 3.52. The van der Waals surface area contributed by atoms with Crippen LogP contribution in [-0.2, 0) is 11.2 Å². The molecule has 7 heteroatoms. The molecular weight excluding hydrogens is 343 g/mol. The quantitative estimate of drug-likeness (QED) is 0.907. The molecular formula is C18H24ClFN4O. The molecule has 0 spiro atoms. The van der Waals surface area contributed by atoms with Crippen molar-refractivity contribution in [3.05, 3.63) is 47.0 Å². The minimum Gasteiger partial charge on any atom is -0.337 e. The standard InChI is InChI=1S/C18H23FN4O.ClH/c1-12-11-20-8-9-22(12)18(24)10-17-13(2)21-23(14(17)3)16-6-4-15(19)5-7-16;/h4-7,12,20H,8-11H2,1-3H3;1H/t12-;/m1./s1. The third-order valence-electron chi connectivity index (χ3n) is 4.66. The maximum absolute atomic E-state index is 13.1. The van der Waals surface area contributed by atoms with Crippen LogP contribution in [0.5, 0.6) is 0 Å². The summed E-state index contributed by atoms with van der Waals surface area (Å²) in [7, 11) is 0. The van der Waals surface area contributed by atoms with E-state index in [1.54, 1.807) is 16.8 Å². The van der Waals surface area contributed by atoms with Gasteiger partial charge in [-0.3, -0.25) is 4.79 Å². The van der Waals surface area contributed by atoms with E-state index in [2.05, 4.69) is 17.3 Å². The Labute approximate surface area is 153 Å². The van der Waals surface area contributed by atoms with E-state index in [9.17, 15) is 9.18 Å². The molecule has 1 aromatic carbocycles. The van der Waals surface area contributed by atoms with Gasteiger partial charge in [-0.05, 0) is 45.0 Å². The molecule has 1 aliphatic rings. The maximum Gasteiger partial charge on any atom is 0.227 e. The zero-order chi connectivity index (χ0) is 17.3. The predicted molar refractivity (Wildman–Crippen MR) is 98.0 cm³/mol. The Hall–Kier alpha value is -1.92. The summed E-state index contributed by atoms with van der Waals surface area (Å²) in [5.74, 6) is -0.141. The zero-order valence-corrected chi connectivity index (χ0v) is 15.6. The van der Waals surface area contributed by atoms with E-state index in [1.165, 1.54) is 12.1 Å². The highest BCUT2D eigenvalue weighted by Gasteiger charge is 2.25. The van der Waals surface area contributed by atoms with Crippen molar-refractivity contribution in [2.75, 3.05) is 19.6 Å². The number of aromatic nitrogens is 2. The largest absolute Gasteiger partial charge is 0.337 e. The van der Waals surface area contributed by atoms with Crippen LogP contribution in [0.15, 0.2) is 24.3 Å². The van der Waals surface area contributed by atoms with Crippen LogP contribution in [0.4, 0.5) is 4.39 Å². The molecule has 2 heterocycles. The van der Waals surface area contributed by atoms with E-state index in [0.717, 1.165) is 42.3 Å². The number of nitrogens with one attached hydrogen (secondary N) is 1. The van der Waals surface area contributed by atoms with Crippen LogP contribution >= 0.6 is 12.4 Å². The average molecular weight is 367 g/mol. The fraction of sp³-hybridized carbons (Fsp3) is 0.444. The van der Waals surface area contributed by atoms with E-state index in [0.29, 0.717) is 6.42 Å². The van der Waals surface area contributed by atoms with Crippen LogP contribution in [0.1, 0.15) is 23.9 Å². The number of hydrogen-bond donors (Lipinski definition) is 1. The van der Waals surface area contributed by atoms with Gasteiger partial charge >= 0.3 is 0 Å². The normalized spacial score (nSPS) is 17.3. The summed E-state index contributed by atoms with van der Waals surface area (Å²) >= 11 is 0. The number of amides is 1. The topological polar surface area (TPSA) is 50.2 Å². The smallest absolute Gasteiger partial charge is 0.227 e. The van der Waals surface area contributed by atoms with Gasteiger partial charge in [0.05, 0.1) is 17.8 Å². The number of benzene rings is 1. The van der Waals surface area contributed by atoms with Gasteiger partial charge in [0.15, 0.2) is 0 Å². The molecule has 1 aromatic heterocycles. The first-order chi connectivity index (χ1) is 11.5. The van der Waals surface area contributed by atoms with Crippen LogP contribution < -0.4 is 5.32 Å². The molecule has 2 aromatic rings. The maximum atomic E-state index is 13.1. The Morgan fingerprint density at radius 1 is 1.32 bits per heavy atom. The number of carbonyl (C=O) groups excluding carboxylic acids is 1. The number of piperazine rings is 1. The lowest BCUT2D eigenvalue weighted by atomic mass is 10.1. The van der Waals surface area contributed by atoms with E-state index in [1.807, 2.05) is 18.7 Å². The molecule has 136 valence electrons. The molecule has 1 N–H and O–H groups in total. The molecule has 0 aliphatic carbocycles. The van der Waals surface area contributed by atoms with Crippen molar-refractivity contribution in [1.29, 1.82) is 0 Å². The minimum atomic E-state index is -0.275. The molecule has 5 nitrogen and oxygen atoms in total. The van der Waals surface area contributed by atoms with E-state index < -0.39 is 0 Å². The van der Waals surface area contributed by atoms with E-state index in [-0.39, 0.29) is 30.2 Å². The van der Waals surface area contributed by atoms with Gasteiger partial charge in [-0.1, -0.05) is 0 Å². The van der Waals surface area contributed by atoms with Gasteiger partial charge in [0.2, 0.25) is 5.91 Å². The van der Waals surface area contributed by atoms with E-state index >= 15 is 0 Å². The predicted octanol–water partition coefficient (Wildman–Crippen LogP) is 2.41. The molecule has 25 heavy (non-hydrogen) atoms. The first-order valence-electron chi connectivity index (χ1n) is 8.28. The molecule has 3 rings (SSSR count). The lowest BCUT2D eigenvalue weighted by molar-refractivity contribution is -0.133. The van der Waals surface area contributed by atoms with Gasteiger partial charge in [-0.25, -0.2) is 9.07 Å². The Balaban J connectivity index is 0.00000225. The molecule has 1 saturated heterocycles. The highest BCUT2D eigenvalue weighted by atomic mass is 35.5. The summed E-state index contributed by atoms with van der Waals surface area (Å²) in [6, 6.07) is 6.43. The monoisotopic (exact) mass is 366 g/mol. The number of aryl methyl sites for hydroxylation is 1. The Kier molecular flexibility index (Phi) is 6.19. The number of halogens is 2. The fourth-order valence-electron chi connectivity index (χ4n) is 3.23. The van der Waals surface area contributed by atoms with Gasteiger partial charge in [0.1, 0.15) is 5.82 Å². The first kappa shape index (κ1) is 19.4. The zero-order valence-electron chi connectivity index (χ0n) is 14.8. The van der Waals surface area contributed by atoms with Crippen molar-refractivity contribution in [3.8, 4) is 5.69 Å². The second-order valence-electron chi connectivity index (χ2n) is 6.35. The SMILES string of the molecule is Cc1nn(-c2ccc(F)cc2)c(C)c1CC(=O)N1CCNC[C@H]1C.Cl. The fourth-order valence-corrected chi connectivity index (χ4v) is 3.23. The average Bonchev–Trinajstić information content (AvgIpc) is 2.84. The van der Waals surface area contributed by atoms with Crippen molar-refractivity contribution in [3.63, 3.8) is 0 Å². The number of carbonyl (C=O) groups is 1. The number of nitrogens with zero attached hydrogens (tertiary/aromatic N) is 3. The van der Waals surface area contributed by atoms with Crippen molar-refractivity contribution in [2.45, 2.75) is 33.2 Å². The molecule has 1 aliphatic heterocycles. The number of hydrogen-bond acceptors (Lipinski definition) is 3. The highest BCUT2D eigenvalue weighted by Crippen LogP contribution is 2.20. The molecule has 0 saturated carbocycles. The summed E-state index contributed by atoms with van der Waals surface area (Å²) in [5, 5.41) is 7.83. The van der Waals surface area contributed by atoms with Crippen LogP contribution in [0.25, 0.3) is 5.69 Å². The van der Waals surface area contributed by atoms with Crippen molar-refractivity contribution in [1.82, 2.24) is 20.0 Å². The minimum absolute atomic E-state index is 0. The lowest BCUT2D eigenvalue weighted by Crippen LogP contribution is -2.52. The Morgan fingerprint density at radius 2 is 2.00 bits per heavy atom. The Morgan fingerprint density at radius 3 is 2.64 bits per heavy atom. The molecule has 0 unspecified atom stereocenters. The third-order valence-corrected chi connectivity index (χ3v) is 4.66. The molecule has 1 atom stereocenters. The summed E-state index contributed by atoms with van der Waals surface area (Å²) in [6.07, 6.45) is 0.350. The van der Waals surface area contributed by atoms with Gasteiger partial charge in [-0.15, -0.1) is 12.4 Å². The summed E-state index contributed by atoms with van der Waals surface area (Å²) in [4.78, 5) is 14.6. The van der Waals surface area contributed by atoms with Gasteiger partial charge < -0.3 is 10.2 Å². The molecule has 0 radical (unpaired) electrons. The lowest BCUT2D eigenvalue weighted by Gasteiger charge is -2.34. The van der Waals surface area contributed by atoms with Crippen LogP contribution in [0.3, 0.4) is 0 Å². The summed E-state index contributed by atoms with van der Waals surface area (Å²) in [6.45, 7) is 8.33. The van der Waals surface area contributed by atoms with Crippen LogP contribution in [0.2, 0.25) is 0 Å². The second kappa shape index (κ2) is 7.97.